The van der Waals surface area contributed by atoms with E-state index in [2.05, 4.69) is 70.4 Å². The molecule has 131 heavy (non-hydrogen) atoms. The van der Waals surface area contributed by atoms with Gasteiger partial charge in [-0.25, -0.2) is 22.0 Å². The normalized spacial score (nSPS) is 23.6. The number of anilines is 4. The van der Waals surface area contributed by atoms with Crippen molar-refractivity contribution in [3.05, 3.63) is 287 Å². The third kappa shape index (κ3) is 14.7. The fourth-order valence-electron chi connectivity index (χ4n) is 23.3. The van der Waals surface area contributed by atoms with Crippen molar-refractivity contribution in [3.63, 3.8) is 0 Å². The van der Waals surface area contributed by atoms with E-state index in [1.807, 2.05) is 165 Å². The molecule has 0 radical (unpaired) electrons. The molecule has 12 aromatic rings. The number of nitrogens with one attached hydrogen (secondary N) is 1. The quantitative estimate of drug-likeness (QED) is 0.0804. The number of carbonyl (C=O) groups is 4. The summed E-state index contributed by atoms with van der Waals surface area (Å²) in [5.74, 6) is -1.00. The smallest absolute Gasteiger partial charge is 0.252 e. The summed E-state index contributed by atoms with van der Waals surface area (Å²) in [6.45, 7) is 9.91. The van der Waals surface area contributed by atoms with E-state index in [4.69, 9.17) is 0 Å². The number of nitrogens with zero attached hydrogens (tertiary/aromatic N) is 16. The van der Waals surface area contributed by atoms with Gasteiger partial charge in [0.25, 0.3) is 17.7 Å². The van der Waals surface area contributed by atoms with Gasteiger partial charge in [0.2, 0.25) is 5.91 Å². The number of fused-ring (bicyclic) bond motifs is 8. The largest absolute Gasteiger partial charge is 0.315 e. The Bertz CT molecular complexity index is 6380. The van der Waals surface area contributed by atoms with Gasteiger partial charge in [-0.1, -0.05) is 160 Å². The van der Waals surface area contributed by atoms with Crippen LogP contribution in [-0.2, 0) is 95.1 Å². The monoisotopic (exact) mass is 1770 g/mol. The number of rotatable bonds is 18. The number of halogens is 5. The first-order valence-corrected chi connectivity index (χ1v) is 46.9. The summed E-state index contributed by atoms with van der Waals surface area (Å²) in [7, 11) is 5.50. The molecule has 3 saturated carbocycles. The maximum Gasteiger partial charge on any atom is 0.252 e. The molecule has 6 unspecified atom stereocenters. The summed E-state index contributed by atoms with van der Waals surface area (Å²) in [5.41, 5.74) is 14.0. The molecular formula is C105H110F5N17O4. The molecule has 26 heteroatoms. The van der Waals surface area contributed by atoms with E-state index in [-0.39, 0.29) is 79.1 Å². The lowest BCUT2D eigenvalue weighted by Gasteiger charge is -2.54. The zero-order valence-corrected chi connectivity index (χ0v) is 74.6. The third-order valence-corrected chi connectivity index (χ3v) is 30.6. The molecule has 674 valence electrons. The Morgan fingerprint density at radius 1 is 0.382 bits per heavy atom. The van der Waals surface area contributed by atoms with Crippen LogP contribution in [0, 0.1) is 23.3 Å². The summed E-state index contributed by atoms with van der Waals surface area (Å²) in [4.78, 5) is 71.8. The zero-order valence-electron chi connectivity index (χ0n) is 74.6. The lowest BCUT2D eigenvalue weighted by Crippen LogP contribution is -2.67. The second kappa shape index (κ2) is 34.6. The molecule has 9 aliphatic heterocycles. The number of aromatic nitrogens is 8. The molecule has 6 atom stereocenters. The van der Waals surface area contributed by atoms with Crippen LogP contribution in [0.3, 0.4) is 0 Å². The van der Waals surface area contributed by atoms with E-state index in [9.17, 15) is 23.6 Å². The van der Waals surface area contributed by atoms with E-state index in [1.165, 1.54) is 63.1 Å². The zero-order chi connectivity index (χ0) is 89.8. The van der Waals surface area contributed by atoms with Crippen LogP contribution in [0.25, 0.3) is 44.5 Å². The minimum atomic E-state index is -0.905. The summed E-state index contributed by atoms with van der Waals surface area (Å²) in [6, 6.07) is 54.1. The number of likely N-dealkylation sites (tertiary alicyclic amines) is 4. The molecule has 4 amide bonds. The fourth-order valence-corrected chi connectivity index (χ4v) is 23.3. The first-order valence-electron chi connectivity index (χ1n) is 46.9. The average molecular weight is 1770 g/mol. The molecule has 21 nitrogen and oxygen atoms in total. The maximum absolute atomic E-state index is 15.3. The number of hydrogen-bond acceptors (Lipinski definition) is 13. The molecule has 4 aromatic heterocycles. The van der Waals surface area contributed by atoms with Crippen LogP contribution >= 0.6 is 0 Å². The van der Waals surface area contributed by atoms with Gasteiger partial charge in [-0.2, -0.15) is 20.4 Å². The van der Waals surface area contributed by atoms with Crippen LogP contribution in [0.4, 0.5) is 44.7 Å². The highest BCUT2D eigenvalue weighted by Gasteiger charge is 2.65. The van der Waals surface area contributed by atoms with E-state index in [0.29, 0.717) is 59.8 Å². The molecule has 1 N–H and O–H groups in total. The van der Waals surface area contributed by atoms with Gasteiger partial charge >= 0.3 is 0 Å². The van der Waals surface area contributed by atoms with Crippen LogP contribution in [0.15, 0.2) is 219 Å². The molecule has 5 saturated heterocycles. The molecule has 8 aromatic carbocycles. The van der Waals surface area contributed by atoms with Crippen LogP contribution in [0.2, 0.25) is 0 Å². The summed E-state index contributed by atoms with van der Waals surface area (Å²) >= 11 is 0. The lowest BCUT2D eigenvalue weighted by atomic mass is 9.72. The molecule has 24 rings (SSSR count). The second-order valence-electron chi connectivity index (χ2n) is 38.0. The Hall–Kier alpha value is -12.1. The minimum absolute atomic E-state index is 0.0616. The van der Waals surface area contributed by atoms with Crippen molar-refractivity contribution < 1.29 is 41.1 Å². The Kier molecular flexibility index (Phi) is 22.6. The first-order chi connectivity index (χ1) is 63.7. The highest BCUT2D eigenvalue weighted by atomic mass is 19.1. The van der Waals surface area contributed by atoms with Gasteiger partial charge in [0, 0.05) is 200 Å². The highest BCUT2D eigenvalue weighted by Crippen LogP contribution is 2.58. The molecule has 4 spiro atoms. The third-order valence-electron chi connectivity index (χ3n) is 30.6. The SMILES string of the molecule is CCCn1cc(-c2ccc(CN3C(=O)C4(CCN4C4CCCC4)c4ccccc43)c(F)c2)cn1.Cn1cc(-c2ccc(CN3C(=O)C4(CCN4C4CCCCC4F)c4ccccc43)c(F)c2)cn1.Cn1cc(-c2ccc(CN3C(=O)C4(CCN4C4CCNC4)c4ccccc43)c(F)c2)cn1.Cn1cc(-c2ccc(CN3C(=O)C4(CN(C5CCC5)C4)c4ccccc43)c(F)c2)cn1. The van der Waals surface area contributed by atoms with Gasteiger partial charge in [0.1, 0.15) is 51.5 Å². The molecular weight excluding hydrogens is 1660 g/mol. The molecule has 12 aliphatic rings. The first kappa shape index (κ1) is 85.7. The standard InChI is InChI=1S/C28H31FN4O.C27H28F2N4O.C25H26FN5O.C25H25FN4O/c1-2-14-31-18-22(17-30-31)20-11-12-21(25(29)16-20)19-32-26-10-6-5-9-24(26)28(27(32)34)13-15-33(28)23-7-3-4-8-23;1-31-16-20(15-30-31)18-10-11-19(23(29)14-18)17-32-24-8-4-2-6-21(24)27(26(32)34)12-13-33(27)25-9-5-3-7-22(25)28;1-29-15-19(13-28-29)17-6-7-18(22(26)12-17)16-30-23-5-3-2-4-21(23)25(24(30)32)9-11-31(25)20-8-10-27-14-20;1-28-13-19(12-27-28)17-9-10-18(22(26)11-17)14-30-23-8-3-2-7-21(23)25(24(30)31)15-29(16-25)20-5-4-6-20/h5-6,9-12,16-18,23H,2-4,7-8,13-15,19H2,1H3;2,4,6,8,10-11,14-16,22,25H,3,5,7,9,12-13,17H2,1H3;2-7,12-13,15,20,27H,8-11,14,16H2,1H3;2-3,7-13,20H,4-6,14-16H2,1H3. The topological polar surface area (TPSA) is 178 Å². The molecule has 0 bridgehead atoms. The van der Waals surface area contributed by atoms with E-state index in [1.54, 1.807) is 77.8 Å². The van der Waals surface area contributed by atoms with E-state index >= 15 is 17.6 Å². The van der Waals surface area contributed by atoms with Gasteiger partial charge in [-0.05, 0) is 154 Å². The van der Waals surface area contributed by atoms with Crippen molar-refractivity contribution in [2.45, 2.75) is 195 Å². The molecule has 8 fully saturated rings. The number of benzene rings is 8. The van der Waals surface area contributed by atoms with Crippen LogP contribution in [0.1, 0.15) is 154 Å². The highest BCUT2D eigenvalue weighted by molar-refractivity contribution is 6.11. The minimum Gasteiger partial charge on any atom is -0.315 e. The summed E-state index contributed by atoms with van der Waals surface area (Å²) in [5, 5.41) is 20.3. The van der Waals surface area contributed by atoms with Crippen molar-refractivity contribution in [2.75, 3.05) is 65.4 Å². The molecule has 13 heterocycles. The van der Waals surface area contributed by atoms with Gasteiger partial charge in [-0.3, -0.25) is 57.5 Å². The van der Waals surface area contributed by atoms with Crippen molar-refractivity contribution in [1.82, 2.24) is 64.0 Å². The van der Waals surface area contributed by atoms with Crippen molar-refractivity contribution in [2.24, 2.45) is 21.1 Å². The van der Waals surface area contributed by atoms with Crippen molar-refractivity contribution in [1.29, 1.82) is 0 Å². The number of aryl methyl sites for hydroxylation is 4. The number of carbonyl (C=O) groups excluding carboxylic acids is 4. The Labute approximate surface area is 760 Å². The fraction of sp³-hybridized carbons (Fsp3) is 0.390. The Morgan fingerprint density at radius 2 is 0.748 bits per heavy atom. The van der Waals surface area contributed by atoms with Crippen molar-refractivity contribution in [3.8, 4) is 44.5 Å². The second-order valence-corrected chi connectivity index (χ2v) is 38.0. The van der Waals surface area contributed by atoms with Crippen molar-refractivity contribution >= 4 is 46.4 Å². The van der Waals surface area contributed by atoms with Crippen LogP contribution < -0.4 is 24.9 Å². The van der Waals surface area contributed by atoms with Gasteiger partial charge in [-0.15, -0.1) is 0 Å². The molecule has 3 aliphatic carbocycles. The predicted molar refractivity (Wildman–Crippen MR) is 495 cm³/mol. The summed E-state index contributed by atoms with van der Waals surface area (Å²) in [6.07, 6.45) is 29.8. The van der Waals surface area contributed by atoms with Gasteiger partial charge < -0.3 is 24.9 Å². The number of alkyl halides is 1. The van der Waals surface area contributed by atoms with E-state index in [0.717, 1.165) is 180 Å². The number of hydrogen-bond donors (Lipinski definition) is 1. The Balaban J connectivity index is 0.000000106. The van der Waals surface area contributed by atoms with Gasteiger partial charge in [0.05, 0.1) is 51.0 Å². The summed E-state index contributed by atoms with van der Waals surface area (Å²) < 4.78 is 82.5. The van der Waals surface area contributed by atoms with Crippen LogP contribution in [-0.4, -0.2) is 159 Å². The maximum atomic E-state index is 15.3. The average Bonchev–Trinajstić information content (AvgIpc) is 1.55. The lowest BCUT2D eigenvalue weighted by molar-refractivity contribution is -0.148. The Morgan fingerprint density at radius 3 is 1.11 bits per heavy atom. The predicted octanol–water partition coefficient (Wildman–Crippen LogP) is 17.4. The number of amides is 4. The van der Waals surface area contributed by atoms with E-state index < -0.39 is 28.2 Å². The number of para-hydroxylation sites is 4. The van der Waals surface area contributed by atoms with Gasteiger partial charge in [0.15, 0.2) is 0 Å². The van der Waals surface area contributed by atoms with Crippen LogP contribution in [0.5, 0.6) is 0 Å².